The van der Waals surface area contributed by atoms with Crippen molar-refractivity contribution in [3.63, 3.8) is 0 Å². The minimum absolute atomic E-state index is 0.00787. The fourth-order valence-electron chi connectivity index (χ4n) is 3.16. The molecule has 0 radical (unpaired) electrons. The predicted octanol–water partition coefficient (Wildman–Crippen LogP) is 0.00230. The Morgan fingerprint density at radius 3 is 2.72 bits per heavy atom. The first kappa shape index (κ1) is 18.2. The number of ether oxygens (including phenoxy) is 1. The Labute approximate surface area is 148 Å². The number of carbonyl (C=O) groups is 1. The summed E-state index contributed by atoms with van der Waals surface area (Å²) in [7, 11) is -2.93. The molecular formula is C17H24N2O5S. The maximum atomic E-state index is 12.8. The van der Waals surface area contributed by atoms with E-state index in [9.17, 15) is 18.3 Å². The molecule has 1 aromatic carbocycles. The van der Waals surface area contributed by atoms with Gasteiger partial charge in [-0.25, -0.2) is 8.42 Å². The number of hydrogen-bond donors (Lipinski definition) is 1. The van der Waals surface area contributed by atoms with E-state index in [1.54, 1.807) is 11.0 Å². The summed E-state index contributed by atoms with van der Waals surface area (Å²) in [6.07, 6.45) is 0. The van der Waals surface area contributed by atoms with E-state index >= 15 is 0 Å². The van der Waals surface area contributed by atoms with Gasteiger partial charge < -0.3 is 19.6 Å². The van der Waals surface area contributed by atoms with E-state index < -0.39 is 9.84 Å². The summed E-state index contributed by atoms with van der Waals surface area (Å²) in [5.41, 5.74) is 1.44. The molecule has 1 N–H and O–H groups in total. The monoisotopic (exact) mass is 368 g/mol. The van der Waals surface area contributed by atoms with Crippen LogP contribution in [0.25, 0.3) is 0 Å². The lowest BCUT2D eigenvalue weighted by atomic mass is 10.1. The van der Waals surface area contributed by atoms with Gasteiger partial charge in [-0.3, -0.25) is 4.79 Å². The summed E-state index contributed by atoms with van der Waals surface area (Å²) in [4.78, 5) is 16.5. The highest BCUT2D eigenvalue weighted by Gasteiger charge is 2.25. The molecule has 1 amide bonds. The Kier molecular flexibility index (Phi) is 5.61. The summed E-state index contributed by atoms with van der Waals surface area (Å²) < 4.78 is 28.6. The first-order valence-corrected chi connectivity index (χ1v) is 10.3. The van der Waals surface area contributed by atoms with Gasteiger partial charge in [-0.05, 0) is 18.2 Å². The van der Waals surface area contributed by atoms with Crippen LogP contribution in [-0.2, 0) is 14.6 Å². The molecule has 0 aromatic heterocycles. The maximum absolute atomic E-state index is 12.8. The molecule has 7 nitrogen and oxygen atoms in total. The Morgan fingerprint density at radius 1 is 1.24 bits per heavy atom. The lowest BCUT2D eigenvalue weighted by Crippen LogP contribution is -2.40. The van der Waals surface area contributed by atoms with Crippen molar-refractivity contribution in [3.05, 3.63) is 29.8 Å². The third-order valence-corrected chi connectivity index (χ3v) is 6.29. The molecule has 0 spiro atoms. The number of anilines is 1. The molecule has 0 saturated carbocycles. The number of nitrogens with zero attached hydrogens (tertiary/aromatic N) is 2. The zero-order chi connectivity index (χ0) is 17.9. The number of benzene rings is 1. The average Bonchev–Trinajstić information content (AvgIpc) is 2.87. The third-order valence-electron chi connectivity index (χ3n) is 4.69. The molecule has 8 heteroatoms. The van der Waals surface area contributed by atoms with E-state index in [2.05, 4.69) is 0 Å². The van der Waals surface area contributed by atoms with Crippen molar-refractivity contribution in [3.8, 4) is 0 Å². The van der Waals surface area contributed by atoms with Crippen LogP contribution in [0.3, 0.4) is 0 Å². The van der Waals surface area contributed by atoms with Crippen molar-refractivity contribution in [1.29, 1.82) is 0 Å². The van der Waals surface area contributed by atoms with Crippen LogP contribution in [0.4, 0.5) is 5.69 Å². The summed E-state index contributed by atoms with van der Waals surface area (Å²) in [5, 5.41) is 9.37. The molecule has 25 heavy (non-hydrogen) atoms. The molecule has 1 atom stereocenters. The SMILES string of the molecule is O=C(c1cccc(N2CCS(=O)(=O)CC2)c1)N1CCOC[C@H](CO)C1. The number of amides is 1. The Hall–Kier alpha value is -1.64. The van der Waals surface area contributed by atoms with Gasteiger partial charge in [0.15, 0.2) is 9.84 Å². The van der Waals surface area contributed by atoms with E-state index in [4.69, 9.17) is 4.74 Å². The largest absolute Gasteiger partial charge is 0.396 e. The first-order valence-electron chi connectivity index (χ1n) is 8.52. The Bertz CT molecular complexity index is 708. The molecule has 2 fully saturated rings. The number of sulfone groups is 1. The molecule has 2 aliphatic heterocycles. The van der Waals surface area contributed by atoms with Crippen molar-refractivity contribution in [2.75, 3.05) is 62.4 Å². The van der Waals surface area contributed by atoms with Gasteiger partial charge in [0.05, 0.1) is 24.7 Å². The summed E-state index contributed by atoms with van der Waals surface area (Å²) >= 11 is 0. The van der Waals surface area contributed by atoms with Crippen LogP contribution in [0.2, 0.25) is 0 Å². The Balaban J connectivity index is 1.73. The third kappa shape index (κ3) is 4.50. The zero-order valence-electron chi connectivity index (χ0n) is 14.1. The quantitative estimate of drug-likeness (QED) is 0.808. The normalized spacial score (nSPS) is 24.0. The van der Waals surface area contributed by atoms with Gasteiger partial charge in [0.25, 0.3) is 5.91 Å². The molecule has 1 aromatic rings. The summed E-state index contributed by atoms with van der Waals surface area (Å²) in [6.45, 7) is 2.79. The highest BCUT2D eigenvalue weighted by molar-refractivity contribution is 7.91. The highest BCUT2D eigenvalue weighted by Crippen LogP contribution is 2.20. The predicted molar refractivity (Wildman–Crippen MR) is 94.6 cm³/mol. The van der Waals surface area contributed by atoms with Gasteiger partial charge in [0.2, 0.25) is 0 Å². The van der Waals surface area contributed by atoms with Gasteiger partial charge in [-0.1, -0.05) is 6.07 Å². The van der Waals surface area contributed by atoms with Gasteiger partial charge in [-0.2, -0.15) is 0 Å². The average molecular weight is 368 g/mol. The molecule has 0 unspecified atom stereocenters. The van der Waals surface area contributed by atoms with Crippen LogP contribution >= 0.6 is 0 Å². The fraction of sp³-hybridized carbons (Fsp3) is 0.588. The first-order chi connectivity index (χ1) is 12.0. The lowest BCUT2D eigenvalue weighted by Gasteiger charge is -2.29. The van der Waals surface area contributed by atoms with Crippen molar-refractivity contribution < 1.29 is 23.1 Å². The molecule has 2 saturated heterocycles. The van der Waals surface area contributed by atoms with Crippen molar-refractivity contribution in [1.82, 2.24) is 4.90 Å². The molecule has 2 aliphatic rings. The van der Waals surface area contributed by atoms with Crippen molar-refractivity contribution in [2.45, 2.75) is 0 Å². The van der Waals surface area contributed by atoms with Crippen LogP contribution in [0.15, 0.2) is 24.3 Å². The summed E-state index contributed by atoms with van der Waals surface area (Å²) in [6, 6.07) is 7.31. The number of rotatable bonds is 3. The maximum Gasteiger partial charge on any atom is 0.254 e. The highest BCUT2D eigenvalue weighted by atomic mass is 32.2. The van der Waals surface area contributed by atoms with Crippen LogP contribution in [0.5, 0.6) is 0 Å². The molecule has 2 heterocycles. The standard InChI is InChI=1S/C17H24N2O5S/c20-12-14-11-19(4-7-24-13-14)17(21)15-2-1-3-16(10-15)18-5-8-25(22,23)9-6-18/h1-3,10,14,20H,4-9,11-13H2/t14-/m0/s1. The second-order valence-electron chi connectivity index (χ2n) is 6.56. The topological polar surface area (TPSA) is 87.2 Å². The van der Waals surface area contributed by atoms with Gasteiger partial charge in [0.1, 0.15) is 0 Å². The molecule has 138 valence electrons. The fourth-order valence-corrected chi connectivity index (χ4v) is 4.37. The van der Waals surface area contributed by atoms with Gasteiger partial charge >= 0.3 is 0 Å². The molecule has 3 rings (SSSR count). The van der Waals surface area contributed by atoms with Gasteiger partial charge in [0, 0.05) is 50.0 Å². The van der Waals surface area contributed by atoms with E-state index in [1.807, 2.05) is 23.1 Å². The number of aliphatic hydroxyl groups is 1. The van der Waals surface area contributed by atoms with Crippen LogP contribution < -0.4 is 4.90 Å². The van der Waals surface area contributed by atoms with Crippen molar-refractivity contribution in [2.24, 2.45) is 5.92 Å². The number of aliphatic hydroxyl groups excluding tert-OH is 1. The zero-order valence-corrected chi connectivity index (χ0v) is 15.0. The summed E-state index contributed by atoms with van der Waals surface area (Å²) in [5.74, 6) is 0.136. The minimum atomic E-state index is -2.93. The number of carbonyl (C=O) groups excluding carboxylic acids is 1. The molecule has 0 aliphatic carbocycles. The minimum Gasteiger partial charge on any atom is -0.396 e. The second kappa shape index (κ2) is 7.72. The van der Waals surface area contributed by atoms with Crippen LogP contribution in [0, 0.1) is 5.92 Å². The number of hydrogen-bond acceptors (Lipinski definition) is 6. The smallest absolute Gasteiger partial charge is 0.254 e. The van der Waals surface area contributed by atoms with E-state index in [-0.39, 0.29) is 29.9 Å². The Morgan fingerprint density at radius 2 is 2.00 bits per heavy atom. The van der Waals surface area contributed by atoms with E-state index in [0.29, 0.717) is 45.0 Å². The van der Waals surface area contributed by atoms with E-state index in [0.717, 1.165) is 5.69 Å². The van der Waals surface area contributed by atoms with E-state index in [1.165, 1.54) is 0 Å². The second-order valence-corrected chi connectivity index (χ2v) is 8.87. The van der Waals surface area contributed by atoms with Crippen LogP contribution in [0.1, 0.15) is 10.4 Å². The van der Waals surface area contributed by atoms with Crippen LogP contribution in [-0.4, -0.2) is 81.8 Å². The molecular weight excluding hydrogens is 344 g/mol. The lowest BCUT2D eigenvalue weighted by molar-refractivity contribution is 0.0728. The van der Waals surface area contributed by atoms with Gasteiger partial charge in [-0.15, -0.1) is 0 Å². The molecule has 0 bridgehead atoms. The van der Waals surface area contributed by atoms with Crippen molar-refractivity contribution >= 4 is 21.4 Å².